The van der Waals surface area contributed by atoms with Crippen LogP contribution in [0.4, 0.5) is 0 Å². The van der Waals surface area contributed by atoms with Gasteiger partial charge in [-0.25, -0.2) is 4.79 Å². The highest BCUT2D eigenvalue weighted by Gasteiger charge is 2.15. The molecular weight excluding hydrogens is 344 g/mol. The van der Waals surface area contributed by atoms with Crippen LogP contribution in [-0.2, 0) is 4.74 Å². The number of rotatable bonds is 7. The van der Waals surface area contributed by atoms with Crippen molar-refractivity contribution in [1.29, 1.82) is 0 Å². The van der Waals surface area contributed by atoms with E-state index in [-0.39, 0.29) is 12.4 Å². The normalized spacial score (nSPS) is 10.1. The van der Waals surface area contributed by atoms with E-state index in [4.69, 9.17) is 14.2 Å². The smallest absolute Gasteiger partial charge is 0.338 e. The number of methoxy groups -OCH3 is 1. The Morgan fingerprint density at radius 1 is 0.815 bits per heavy atom. The van der Waals surface area contributed by atoms with Crippen molar-refractivity contribution in [3.63, 3.8) is 0 Å². The van der Waals surface area contributed by atoms with E-state index in [2.05, 4.69) is 0 Å². The molecule has 0 atom stereocenters. The Hall–Kier alpha value is -3.60. The van der Waals surface area contributed by atoms with Crippen molar-refractivity contribution in [2.45, 2.75) is 0 Å². The van der Waals surface area contributed by atoms with Crippen molar-refractivity contribution < 1.29 is 23.8 Å². The number of esters is 1. The molecule has 0 N–H and O–H groups in total. The number of ketones is 1. The molecule has 0 radical (unpaired) electrons. The first-order valence-corrected chi connectivity index (χ1v) is 8.33. The molecule has 0 saturated carbocycles. The van der Waals surface area contributed by atoms with Crippen LogP contribution in [0.25, 0.3) is 0 Å². The van der Waals surface area contributed by atoms with Crippen molar-refractivity contribution in [1.82, 2.24) is 0 Å². The summed E-state index contributed by atoms with van der Waals surface area (Å²) < 4.78 is 16.0. The van der Waals surface area contributed by atoms with E-state index in [0.717, 1.165) is 0 Å². The number of Topliss-reactive ketones (excluding diaryl/α,β-unsaturated/α-hetero) is 1. The zero-order chi connectivity index (χ0) is 19.1. The van der Waals surface area contributed by atoms with Crippen molar-refractivity contribution in [3.05, 3.63) is 90.0 Å². The molecule has 0 fully saturated rings. The predicted molar refractivity (Wildman–Crippen MR) is 101 cm³/mol. The van der Waals surface area contributed by atoms with E-state index in [0.29, 0.717) is 28.4 Å². The monoisotopic (exact) mass is 362 g/mol. The molecule has 0 unspecified atom stereocenters. The number of carbonyl (C=O) groups is 2. The third kappa shape index (κ3) is 4.73. The molecule has 3 aromatic rings. The molecule has 0 aromatic heterocycles. The Bertz CT molecular complexity index is 934. The second-order valence-electron chi connectivity index (χ2n) is 5.64. The van der Waals surface area contributed by atoms with Gasteiger partial charge in [0.15, 0.2) is 6.61 Å². The molecule has 0 amide bonds. The average Bonchev–Trinajstić information content (AvgIpc) is 2.72. The van der Waals surface area contributed by atoms with Crippen LogP contribution in [0.3, 0.4) is 0 Å². The summed E-state index contributed by atoms with van der Waals surface area (Å²) in [5.41, 5.74) is 0.671. The molecule has 5 heteroatoms. The molecule has 0 aliphatic heterocycles. The van der Waals surface area contributed by atoms with Crippen molar-refractivity contribution in [2.75, 3.05) is 13.7 Å². The molecule has 0 aliphatic rings. The molecule has 27 heavy (non-hydrogen) atoms. The largest absolute Gasteiger partial charge is 0.496 e. The molecule has 0 heterocycles. The van der Waals surface area contributed by atoms with Gasteiger partial charge in [0.05, 0.1) is 18.2 Å². The lowest BCUT2D eigenvalue weighted by molar-refractivity contribution is 0.0473. The van der Waals surface area contributed by atoms with Gasteiger partial charge in [0, 0.05) is 0 Å². The molecule has 3 rings (SSSR count). The second kappa shape index (κ2) is 8.67. The van der Waals surface area contributed by atoms with Crippen LogP contribution < -0.4 is 9.47 Å². The van der Waals surface area contributed by atoms with Gasteiger partial charge in [-0.2, -0.15) is 0 Å². The number of hydrogen-bond acceptors (Lipinski definition) is 5. The lowest BCUT2D eigenvalue weighted by atomic mass is 10.1. The summed E-state index contributed by atoms with van der Waals surface area (Å²) in [5.74, 6) is 0.673. The lowest BCUT2D eigenvalue weighted by Gasteiger charge is -2.09. The van der Waals surface area contributed by atoms with Crippen LogP contribution in [0.5, 0.6) is 17.2 Å². The SMILES string of the molecule is COc1ccccc1C(=O)COC(=O)c1cccc(Oc2ccccc2)c1. The van der Waals surface area contributed by atoms with Crippen molar-refractivity contribution in [3.8, 4) is 17.2 Å². The van der Waals surface area contributed by atoms with Crippen LogP contribution in [0.2, 0.25) is 0 Å². The Balaban J connectivity index is 1.64. The molecule has 136 valence electrons. The van der Waals surface area contributed by atoms with Crippen LogP contribution in [0.15, 0.2) is 78.9 Å². The number of hydrogen-bond donors (Lipinski definition) is 0. The van der Waals surface area contributed by atoms with Gasteiger partial charge in [-0.05, 0) is 42.5 Å². The van der Waals surface area contributed by atoms with E-state index in [1.807, 2.05) is 30.3 Å². The van der Waals surface area contributed by atoms with Crippen LogP contribution in [0.1, 0.15) is 20.7 Å². The molecule has 5 nitrogen and oxygen atoms in total. The standard InChI is InChI=1S/C22H18O5/c1-25-21-13-6-5-12-19(21)20(23)15-26-22(24)16-8-7-11-18(14-16)27-17-9-3-2-4-10-17/h2-14H,15H2,1H3. The number of ether oxygens (including phenoxy) is 3. The quantitative estimate of drug-likeness (QED) is 0.456. The molecular formula is C22H18O5. The first-order valence-electron chi connectivity index (χ1n) is 8.33. The molecule has 0 spiro atoms. The van der Waals surface area contributed by atoms with Crippen LogP contribution in [0, 0.1) is 0 Å². The first-order chi connectivity index (χ1) is 13.2. The van der Waals surface area contributed by atoms with E-state index >= 15 is 0 Å². The van der Waals surface area contributed by atoms with E-state index in [9.17, 15) is 9.59 Å². The van der Waals surface area contributed by atoms with Gasteiger partial charge < -0.3 is 14.2 Å². The summed E-state index contributed by atoms with van der Waals surface area (Å²) >= 11 is 0. The molecule has 0 saturated heterocycles. The number of carbonyl (C=O) groups excluding carboxylic acids is 2. The van der Waals surface area contributed by atoms with Gasteiger partial charge >= 0.3 is 5.97 Å². The first kappa shape index (κ1) is 18.2. The highest BCUT2D eigenvalue weighted by atomic mass is 16.5. The minimum Gasteiger partial charge on any atom is -0.496 e. The molecule has 3 aromatic carbocycles. The van der Waals surface area contributed by atoms with Crippen LogP contribution in [-0.4, -0.2) is 25.5 Å². The zero-order valence-electron chi connectivity index (χ0n) is 14.8. The van der Waals surface area contributed by atoms with Crippen molar-refractivity contribution >= 4 is 11.8 Å². The van der Waals surface area contributed by atoms with E-state index < -0.39 is 5.97 Å². The number of para-hydroxylation sites is 2. The Morgan fingerprint density at radius 3 is 2.30 bits per heavy atom. The van der Waals surface area contributed by atoms with Gasteiger partial charge in [0.25, 0.3) is 0 Å². The minimum atomic E-state index is -0.600. The van der Waals surface area contributed by atoms with Gasteiger partial charge in [0.1, 0.15) is 17.2 Å². The predicted octanol–water partition coefficient (Wildman–Crippen LogP) is 4.53. The number of benzene rings is 3. The molecule has 0 bridgehead atoms. The second-order valence-corrected chi connectivity index (χ2v) is 5.64. The highest BCUT2D eigenvalue weighted by molar-refractivity contribution is 6.01. The van der Waals surface area contributed by atoms with Gasteiger partial charge in [-0.3, -0.25) is 4.79 Å². The summed E-state index contributed by atoms with van der Waals surface area (Å²) in [4.78, 5) is 24.6. The van der Waals surface area contributed by atoms with E-state index in [1.165, 1.54) is 7.11 Å². The fourth-order valence-corrected chi connectivity index (χ4v) is 2.48. The third-order valence-electron chi connectivity index (χ3n) is 3.79. The Kier molecular flexibility index (Phi) is 5.84. The maximum Gasteiger partial charge on any atom is 0.338 e. The summed E-state index contributed by atoms with van der Waals surface area (Å²) in [6.07, 6.45) is 0. The highest BCUT2D eigenvalue weighted by Crippen LogP contribution is 2.22. The minimum absolute atomic E-state index is 0.302. The van der Waals surface area contributed by atoms with Gasteiger partial charge in [0.2, 0.25) is 5.78 Å². The van der Waals surface area contributed by atoms with E-state index in [1.54, 1.807) is 48.5 Å². The summed E-state index contributed by atoms with van der Waals surface area (Å²) in [6.45, 7) is -0.372. The maximum absolute atomic E-state index is 12.3. The average molecular weight is 362 g/mol. The summed E-state index contributed by atoms with van der Waals surface area (Å²) in [7, 11) is 1.48. The van der Waals surface area contributed by atoms with Crippen molar-refractivity contribution in [2.24, 2.45) is 0 Å². The summed E-state index contributed by atoms with van der Waals surface area (Å²) in [6, 6.07) is 22.6. The topological polar surface area (TPSA) is 61.8 Å². The third-order valence-corrected chi connectivity index (χ3v) is 3.79. The molecule has 0 aliphatic carbocycles. The fourth-order valence-electron chi connectivity index (χ4n) is 2.48. The fraction of sp³-hybridized carbons (Fsp3) is 0.0909. The zero-order valence-corrected chi connectivity index (χ0v) is 14.8. The van der Waals surface area contributed by atoms with Crippen LogP contribution >= 0.6 is 0 Å². The Labute approximate surface area is 157 Å². The summed E-state index contributed by atoms with van der Waals surface area (Å²) in [5, 5.41) is 0. The van der Waals surface area contributed by atoms with Gasteiger partial charge in [-0.15, -0.1) is 0 Å². The lowest BCUT2D eigenvalue weighted by Crippen LogP contribution is -2.15. The van der Waals surface area contributed by atoms with Gasteiger partial charge in [-0.1, -0.05) is 36.4 Å². The maximum atomic E-state index is 12.3. The Morgan fingerprint density at radius 2 is 1.52 bits per heavy atom.